The van der Waals surface area contributed by atoms with Crippen molar-refractivity contribution in [2.45, 2.75) is 25.6 Å². The third-order valence-corrected chi connectivity index (χ3v) is 6.87. The Kier molecular flexibility index (Phi) is 6.17. The van der Waals surface area contributed by atoms with E-state index in [9.17, 15) is 22.7 Å². The zero-order valence-corrected chi connectivity index (χ0v) is 19.3. The van der Waals surface area contributed by atoms with Crippen molar-refractivity contribution in [1.82, 2.24) is 5.32 Å². The number of sulfonamides is 1. The van der Waals surface area contributed by atoms with Gasteiger partial charge in [0.05, 0.1) is 36.3 Å². The number of nitrogens with zero attached hydrogens (tertiary/aromatic N) is 1. The van der Waals surface area contributed by atoms with Crippen molar-refractivity contribution in [3.8, 4) is 11.3 Å². The van der Waals surface area contributed by atoms with E-state index < -0.39 is 34.0 Å². The Morgan fingerprint density at radius 3 is 2.58 bits per heavy atom. The largest absolute Gasteiger partial charge is 0.455 e. The molecule has 3 aromatic rings. The molecule has 0 saturated heterocycles. The van der Waals surface area contributed by atoms with Crippen molar-refractivity contribution >= 4 is 32.6 Å². The molecule has 0 saturated carbocycles. The van der Waals surface area contributed by atoms with E-state index in [0.717, 1.165) is 6.26 Å². The number of amides is 1. The Morgan fingerprint density at radius 1 is 1.27 bits per heavy atom. The van der Waals surface area contributed by atoms with E-state index in [1.807, 2.05) is 0 Å². The molecule has 2 atom stereocenters. The van der Waals surface area contributed by atoms with E-state index in [-0.39, 0.29) is 30.9 Å². The molecule has 8 nitrogen and oxygen atoms in total. The fraction of sp³-hybridized carbons (Fsp3) is 0.348. The van der Waals surface area contributed by atoms with E-state index in [0.29, 0.717) is 27.8 Å². The first-order valence-electron chi connectivity index (χ1n) is 10.5. The van der Waals surface area contributed by atoms with E-state index in [4.69, 9.17) is 9.15 Å². The van der Waals surface area contributed by atoms with Gasteiger partial charge in [-0.3, -0.25) is 9.10 Å². The molecule has 2 aromatic carbocycles. The van der Waals surface area contributed by atoms with E-state index in [1.54, 1.807) is 19.1 Å². The Hall–Kier alpha value is -2.95. The van der Waals surface area contributed by atoms with Crippen LogP contribution in [0, 0.1) is 5.82 Å². The average Bonchev–Trinajstić information content (AvgIpc) is 3.07. The first-order valence-corrected chi connectivity index (χ1v) is 12.3. The molecule has 0 spiro atoms. The highest BCUT2D eigenvalue weighted by molar-refractivity contribution is 7.92. The quantitative estimate of drug-likeness (QED) is 0.585. The summed E-state index contributed by atoms with van der Waals surface area (Å²) in [7, 11) is -2.18. The first-order chi connectivity index (χ1) is 15.6. The maximum Gasteiger partial charge on any atom is 0.255 e. The van der Waals surface area contributed by atoms with Gasteiger partial charge in [0.15, 0.2) is 0 Å². The lowest BCUT2D eigenvalue weighted by Gasteiger charge is -2.24. The Bertz CT molecular complexity index is 1300. The third-order valence-electron chi connectivity index (χ3n) is 5.72. The van der Waals surface area contributed by atoms with Crippen LogP contribution in [0.15, 0.2) is 40.8 Å². The van der Waals surface area contributed by atoms with Crippen molar-refractivity contribution in [2.75, 3.05) is 30.8 Å². The van der Waals surface area contributed by atoms with Crippen LogP contribution in [-0.4, -0.2) is 52.0 Å². The lowest BCUT2D eigenvalue weighted by atomic mass is 10.0. The SMILES string of the molecule is CNC(=O)c1c(-c2ccc(F)cc2)oc2cc3c(cc12)[C@H](C)O[C@H](CCO)CN3S(C)(=O)=O. The number of carbonyl (C=O) groups is 1. The lowest BCUT2D eigenvalue weighted by molar-refractivity contribution is -0.00546. The molecule has 1 aliphatic heterocycles. The number of anilines is 1. The zero-order valence-electron chi connectivity index (χ0n) is 18.5. The van der Waals surface area contributed by atoms with Gasteiger partial charge in [0, 0.05) is 36.2 Å². The monoisotopic (exact) mass is 476 g/mol. The molecule has 33 heavy (non-hydrogen) atoms. The topological polar surface area (TPSA) is 109 Å². The van der Waals surface area contributed by atoms with Crippen LogP contribution >= 0.6 is 0 Å². The first kappa shape index (κ1) is 23.2. The predicted molar refractivity (Wildman–Crippen MR) is 122 cm³/mol. The second-order valence-corrected chi connectivity index (χ2v) is 9.91. The minimum Gasteiger partial charge on any atom is -0.455 e. The number of aliphatic hydroxyl groups excluding tert-OH is 1. The fourth-order valence-corrected chi connectivity index (χ4v) is 5.10. The fourth-order valence-electron chi connectivity index (χ4n) is 4.15. The van der Waals surface area contributed by atoms with E-state index >= 15 is 0 Å². The maximum absolute atomic E-state index is 13.5. The maximum atomic E-state index is 13.5. The minimum atomic E-state index is -3.68. The van der Waals surface area contributed by atoms with Gasteiger partial charge in [-0.25, -0.2) is 12.8 Å². The number of hydrogen-bond donors (Lipinski definition) is 2. The number of aliphatic hydroxyl groups is 1. The highest BCUT2D eigenvalue weighted by atomic mass is 32.2. The normalized spacial score (nSPS) is 18.8. The van der Waals surface area contributed by atoms with E-state index in [2.05, 4.69) is 5.32 Å². The molecule has 0 fully saturated rings. The van der Waals surface area contributed by atoms with Gasteiger partial charge in [0.1, 0.15) is 17.2 Å². The highest BCUT2D eigenvalue weighted by Crippen LogP contribution is 2.42. The van der Waals surface area contributed by atoms with Crippen LogP contribution in [0.3, 0.4) is 0 Å². The van der Waals surface area contributed by atoms with E-state index in [1.165, 1.54) is 35.6 Å². The van der Waals surface area contributed by atoms with Gasteiger partial charge in [0.25, 0.3) is 5.91 Å². The molecule has 1 aliphatic rings. The number of rotatable bonds is 5. The smallest absolute Gasteiger partial charge is 0.255 e. The molecule has 0 radical (unpaired) electrons. The number of nitrogens with one attached hydrogen (secondary N) is 1. The number of carbonyl (C=O) groups excluding carboxylic acids is 1. The molecule has 0 bridgehead atoms. The van der Waals surface area contributed by atoms with Gasteiger partial charge in [-0.1, -0.05) is 0 Å². The highest BCUT2D eigenvalue weighted by Gasteiger charge is 2.33. The third kappa shape index (κ3) is 4.33. The van der Waals surface area contributed by atoms with Gasteiger partial charge >= 0.3 is 0 Å². The molecule has 1 amide bonds. The number of hydrogen-bond acceptors (Lipinski definition) is 6. The summed E-state index contributed by atoms with van der Waals surface area (Å²) in [6.07, 6.45) is 0.370. The molecular formula is C23H25FN2O6S. The summed E-state index contributed by atoms with van der Waals surface area (Å²) in [5.74, 6) is -0.564. The van der Waals surface area contributed by atoms with Gasteiger partial charge in [0.2, 0.25) is 10.0 Å². The summed E-state index contributed by atoms with van der Waals surface area (Å²) in [5.41, 5.74) is 2.05. The molecule has 10 heteroatoms. The molecule has 4 rings (SSSR count). The molecule has 2 N–H and O–H groups in total. The van der Waals surface area contributed by atoms with Gasteiger partial charge in [-0.2, -0.15) is 0 Å². The van der Waals surface area contributed by atoms with Crippen LogP contribution in [0.1, 0.15) is 35.4 Å². The molecule has 176 valence electrons. The van der Waals surface area contributed by atoms with Crippen molar-refractivity contribution in [3.63, 3.8) is 0 Å². The minimum absolute atomic E-state index is 0.0378. The average molecular weight is 477 g/mol. The summed E-state index contributed by atoms with van der Waals surface area (Å²) in [6, 6.07) is 8.86. The van der Waals surface area contributed by atoms with Crippen LogP contribution in [0.2, 0.25) is 0 Å². The lowest BCUT2D eigenvalue weighted by Crippen LogP contribution is -2.37. The number of halogens is 1. The van der Waals surface area contributed by atoms with Crippen LogP contribution in [0.4, 0.5) is 10.1 Å². The second kappa shape index (κ2) is 8.77. The summed E-state index contributed by atoms with van der Waals surface area (Å²) in [5, 5.41) is 12.5. The Balaban J connectivity index is 1.98. The summed E-state index contributed by atoms with van der Waals surface area (Å²) < 4.78 is 52.1. The van der Waals surface area contributed by atoms with Crippen molar-refractivity contribution in [1.29, 1.82) is 0 Å². The summed E-state index contributed by atoms with van der Waals surface area (Å²) in [6.45, 7) is 1.69. The van der Waals surface area contributed by atoms with Gasteiger partial charge in [-0.05, 0) is 43.7 Å². The number of benzene rings is 2. The number of furan rings is 1. The number of ether oxygens (including phenoxy) is 1. The molecule has 1 aromatic heterocycles. The van der Waals surface area contributed by atoms with Crippen LogP contribution in [0.25, 0.3) is 22.3 Å². The number of fused-ring (bicyclic) bond motifs is 2. The Labute approximate surface area is 191 Å². The molecule has 0 aliphatic carbocycles. The zero-order chi connectivity index (χ0) is 23.9. The molecular weight excluding hydrogens is 451 g/mol. The van der Waals surface area contributed by atoms with Crippen molar-refractivity contribution in [3.05, 3.63) is 53.3 Å². The second-order valence-electron chi connectivity index (χ2n) is 8.01. The van der Waals surface area contributed by atoms with Gasteiger partial charge in [-0.15, -0.1) is 0 Å². The van der Waals surface area contributed by atoms with Crippen LogP contribution < -0.4 is 9.62 Å². The molecule has 0 unspecified atom stereocenters. The predicted octanol–water partition coefficient (Wildman–Crippen LogP) is 3.21. The van der Waals surface area contributed by atoms with Gasteiger partial charge < -0.3 is 19.6 Å². The summed E-state index contributed by atoms with van der Waals surface area (Å²) in [4.78, 5) is 12.8. The standard InChI is InChI=1S/C23H25FN2O6S/c1-13-17-10-18-20(11-19(17)26(33(3,29)30)12-16(31-13)8-9-27)32-22(21(18)23(28)25-2)14-4-6-15(24)7-5-14/h4-7,10-11,13,16,27H,8-9,12H2,1-3H3,(H,25,28)/t13-,16+/m0/s1. The van der Waals surface area contributed by atoms with Crippen LogP contribution in [0.5, 0.6) is 0 Å². The van der Waals surface area contributed by atoms with Crippen LogP contribution in [-0.2, 0) is 14.8 Å². The van der Waals surface area contributed by atoms with Crippen molar-refractivity contribution < 1.29 is 31.9 Å². The molecule has 2 heterocycles. The Morgan fingerprint density at radius 2 is 1.97 bits per heavy atom. The van der Waals surface area contributed by atoms with Crippen molar-refractivity contribution in [2.24, 2.45) is 0 Å². The summed E-state index contributed by atoms with van der Waals surface area (Å²) >= 11 is 0.